The molecule has 1 aliphatic heterocycles. The first-order chi connectivity index (χ1) is 16.1. The first kappa shape index (κ1) is 20.5. The number of nitrogens with two attached hydrogens (primary N) is 1. The first-order valence-corrected chi connectivity index (χ1v) is 10.7. The number of benzene rings is 3. The molecule has 0 fully saturated rings. The molecule has 2 amide bonds. The van der Waals surface area contributed by atoms with Crippen molar-refractivity contribution in [2.45, 2.75) is 12.5 Å². The number of hydrogen-bond acceptors (Lipinski definition) is 4. The van der Waals surface area contributed by atoms with E-state index < -0.39 is 5.91 Å². The lowest BCUT2D eigenvalue weighted by atomic mass is 9.99. The normalized spacial score (nSPS) is 14.4. The van der Waals surface area contributed by atoms with Crippen LogP contribution in [-0.2, 0) is 6.42 Å². The molecule has 1 unspecified atom stereocenters. The Morgan fingerprint density at radius 2 is 1.85 bits per heavy atom. The highest BCUT2D eigenvalue weighted by Gasteiger charge is 2.26. The summed E-state index contributed by atoms with van der Waals surface area (Å²) in [7, 11) is 0. The number of nitrogens with one attached hydrogen (secondary N) is 1. The van der Waals surface area contributed by atoms with Crippen molar-refractivity contribution in [2.75, 3.05) is 6.54 Å². The first-order valence-electron chi connectivity index (χ1n) is 10.7. The van der Waals surface area contributed by atoms with Crippen LogP contribution in [0.15, 0.2) is 85.2 Å². The van der Waals surface area contributed by atoms with Gasteiger partial charge in [0.05, 0.1) is 12.2 Å². The van der Waals surface area contributed by atoms with Crippen molar-refractivity contribution < 1.29 is 14.3 Å². The Balaban J connectivity index is 1.27. The van der Waals surface area contributed by atoms with Gasteiger partial charge in [-0.2, -0.15) is 5.10 Å². The molecule has 1 aromatic heterocycles. The highest BCUT2D eigenvalue weighted by molar-refractivity contribution is 5.95. The summed E-state index contributed by atoms with van der Waals surface area (Å²) in [5, 5.41) is 7.19. The number of hydrogen-bond donors (Lipinski definition) is 2. The minimum atomic E-state index is -0.456. The van der Waals surface area contributed by atoms with Gasteiger partial charge < -0.3 is 15.8 Å². The van der Waals surface area contributed by atoms with E-state index in [1.54, 1.807) is 35.1 Å². The third-order valence-corrected chi connectivity index (χ3v) is 5.68. The van der Waals surface area contributed by atoms with Gasteiger partial charge >= 0.3 is 0 Å². The second kappa shape index (κ2) is 8.63. The quantitative estimate of drug-likeness (QED) is 0.482. The highest BCUT2D eigenvalue weighted by Crippen LogP contribution is 2.38. The van der Waals surface area contributed by atoms with Gasteiger partial charge in [0.2, 0.25) is 5.91 Å². The monoisotopic (exact) mass is 438 g/mol. The van der Waals surface area contributed by atoms with Crippen LogP contribution in [0.1, 0.15) is 26.3 Å². The summed E-state index contributed by atoms with van der Waals surface area (Å²) in [5.74, 6) is 0.192. The summed E-state index contributed by atoms with van der Waals surface area (Å²) in [6.45, 7) is 0.388. The van der Waals surface area contributed by atoms with Gasteiger partial charge in [0.15, 0.2) is 0 Å². The number of fused-ring (bicyclic) bond motifs is 1. The molecule has 0 aliphatic carbocycles. The molecule has 0 bridgehead atoms. The molecule has 5 rings (SSSR count). The summed E-state index contributed by atoms with van der Waals surface area (Å²) < 4.78 is 7.93. The molecule has 7 heteroatoms. The van der Waals surface area contributed by atoms with Crippen molar-refractivity contribution in [3.05, 3.63) is 102 Å². The van der Waals surface area contributed by atoms with Gasteiger partial charge in [0.1, 0.15) is 11.9 Å². The van der Waals surface area contributed by atoms with E-state index in [0.29, 0.717) is 24.1 Å². The van der Waals surface area contributed by atoms with Crippen LogP contribution < -0.4 is 15.8 Å². The SMILES string of the molecule is NC(=O)c1ccc(-c2cccc3c2OC(CNC(=O)c2cccc(-n4cccn4)c2)C3)cc1. The van der Waals surface area contributed by atoms with Gasteiger partial charge in [-0.1, -0.05) is 36.4 Å². The van der Waals surface area contributed by atoms with Crippen molar-refractivity contribution in [3.8, 4) is 22.6 Å². The predicted octanol–water partition coefficient (Wildman–Crippen LogP) is 3.37. The standard InChI is InChI=1S/C26H22N4O3/c27-25(31)18-10-8-17(9-11-18)23-7-2-4-19-15-22(33-24(19)23)16-28-26(32)20-5-1-6-21(14-20)30-13-3-12-29-30/h1-14,22H,15-16H2,(H2,27,31)(H,28,32). The molecule has 33 heavy (non-hydrogen) atoms. The van der Waals surface area contributed by atoms with Crippen molar-refractivity contribution in [1.29, 1.82) is 0 Å². The summed E-state index contributed by atoms with van der Waals surface area (Å²) in [6, 6.07) is 22.3. The summed E-state index contributed by atoms with van der Waals surface area (Å²) in [6.07, 6.45) is 4.07. The molecule has 1 aliphatic rings. The maximum atomic E-state index is 12.7. The molecule has 0 radical (unpaired) electrons. The summed E-state index contributed by atoms with van der Waals surface area (Å²) in [5.41, 5.74) is 10.2. The number of nitrogens with zero attached hydrogens (tertiary/aromatic N) is 2. The van der Waals surface area contributed by atoms with Crippen LogP contribution in [0.25, 0.3) is 16.8 Å². The second-order valence-corrected chi connectivity index (χ2v) is 7.89. The fraction of sp³-hybridized carbons (Fsp3) is 0.115. The number of primary amides is 1. The third-order valence-electron chi connectivity index (χ3n) is 5.68. The van der Waals surface area contributed by atoms with Crippen molar-refractivity contribution >= 4 is 11.8 Å². The number of carbonyl (C=O) groups is 2. The largest absolute Gasteiger partial charge is 0.487 e. The molecule has 4 aromatic rings. The van der Waals surface area contributed by atoms with Crippen LogP contribution in [0.2, 0.25) is 0 Å². The Kier molecular flexibility index (Phi) is 5.36. The third kappa shape index (κ3) is 4.21. The van der Waals surface area contributed by atoms with E-state index in [2.05, 4.69) is 10.4 Å². The Bertz CT molecular complexity index is 1310. The number of aromatic nitrogens is 2. The zero-order chi connectivity index (χ0) is 22.8. The molecule has 0 saturated heterocycles. The number of para-hydroxylation sites is 1. The van der Waals surface area contributed by atoms with Gasteiger partial charge in [-0.25, -0.2) is 4.68 Å². The zero-order valence-corrected chi connectivity index (χ0v) is 17.8. The molecule has 164 valence electrons. The molecule has 1 atom stereocenters. The minimum Gasteiger partial charge on any atom is -0.487 e. The molecular weight excluding hydrogens is 416 g/mol. The molecule has 7 nitrogen and oxygen atoms in total. The summed E-state index contributed by atoms with van der Waals surface area (Å²) >= 11 is 0. The lowest BCUT2D eigenvalue weighted by molar-refractivity contribution is 0.0932. The van der Waals surface area contributed by atoms with E-state index in [9.17, 15) is 9.59 Å². The van der Waals surface area contributed by atoms with Gasteiger partial charge in [0, 0.05) is 35.5 Å². The molecular formula is C26H22N4O3. The van der Waals surface area contributed by atoms with Gasteiger partial charge in [-0.05, 0) is 47.5 Å². The second-order valence-electron chi connectivity index (χ2n) is 7.89. The van der Waals surface area contributed by atoms with E-state index in [1.807, 2.05) is 54.7 Å². The maximum Gasteiger partial charge on any atom is 0.251 e. The van der Waals surface area contributed by atoms with Gasteiger partial charge in [-0.3, -0.25) is 9.59 Å². The van der Waals surface area contributed by atoms with Crippen LogP contribution in [0.3, 0.4) is 0 Å². The van der Waals surface area contributed by atoms with Crippen LogP contribution in [-0.4, -0.2) is 34.2 Å². The average molecular weight is 438 g/mol. The van der Waals surface area contributed by atoms with E-state index in [1.165, 1.54) is 0 Å². The Labute approximate surface area is 190 Å². The minimum absolute atomic E-state index is 0.161. The molecule has 0 saturated carbocycles. The number of carbonyl (C=O) groups excluding carboxylic acids is 2. The number of rotatable bonds is 6. The molecule has 0 spiro atoms. The van der Waals surface area contributed by atoms with E-state index in [-0.39, 0.29) is 12.0 Å². The van der Waals surface area contributed by atoms with Crippen molar-refractivity contribution in [3.63, 3.8) is 0 Å². The topological polar surface area (TPSA) is 99.2 Å². The van der Waals surface area contributed by atoms with E-state index in [4.69, 9.17) is 10.5 Å². The van der Waals surface area contributed by atoms with E-state index in [0.717, 1.165) is 28.1 Å². The molecule has 3 N–H and O–H groups in total. The summed E-state index contributed by atoms with van der Waals surface area (Å²) in [4.78, 5) is 24.1. The number of ether oxygens (including phenoxy) is 1. The average Bonchev–Trinajstić information content (AvgIpc) is 3.52. The maximum absolute atomic E-state index is 12.7. The Morgan fingerprint density at radius 3 is 2.61 bits per heavy atom. The zero-order valence-electron chi connectivity index (χ0n) is 17.8. The predicted molar refractivity (Wildman–Crippen MR) is 124 cm³/mol. The van der Waals surface area contributed by atoms with Crippen LogP contribution in [0, 0.1) is 0 Å². The van der Waals surface area contributed by atoms with Crippen molar-refractivity contribution in [1.82, 2.24) is 15.1 Å². The fourth-order valence-electron chi connectivity index (χ4n) is 4.01. The lowest BCUT2D eigenvalue weighted by Gasteiger charge is -2.14. The number of amides is 2. The lowest BCUT2D eigenvalue weighted by Crippen LogP contribution is -2.34. The van der Waals surface area contributed by atoms with Crippen LogP contribution in [0.5, 0.6) is 5.75 Å². The molecule has 2 heterocycles. The fourth-order valence-corrected chi connectivity index (χ4v) is 4.01. The Hall–Kier alpha value is -4.39. The highest BCUT2D eigenvalue weighted by atomic mass is 16.5. The Morgan fingerprint density at radius 1 is 1.03 bits per heavy atom. The van der Waals surface area contributed by atoms with E-state index >= 15 is 0 Å². The smallest absolute Gasteiger partial charge is 0.251 e. The van der Waals surface area contributed by atoms with Gasteiger partial charge in [0.25, 0.3) is 5.91 Å². The van der Waals surface area contributed by atoms with Gasteiger partial charge in [-0.15, -0.1) is 0 Å². The molecule has 3 aromatic carbocycles. The van der Waals surface area contributed by atoms with Crippen molar-refractivity contribution in [2.24, 2.45) is 5.73 Å². The van der Waals surface area contributed by atoms with Crippen LogP contribution in [0.4, 0.5) is 0 Å². The van der Waals surface area contributed by atoms with Crippen LogP contribution >= 0.6 is 0 Å².